The van der Waals surface area contributed by atoms with Crippen molar-refractivity contribution in [3.8, 4) is 11.6 Å². The highest BCUT2D eigenvalue weighted by molar-refractivity contribution is 6.31. The van der Waals surface area contributed by atoms with Gasteiger partial charge in [0.2, 0.25) is 5.88 Å². The number of rotatable bonds is 4. The number of aromatic nitrogens is 1. The van der Waals surface area contributed by atoms with Gasteiger partial charge in [0.05, 0.1) is 5.02 Å². The number of para-hydroxylation sites is 1. The third kappa shape index (κ3) is 2.81. The van der Waals surface area contributed by atoms with Gasteiger partial charge in [-0.3, -0.25) is 0 Å². The molecule has 0 unspecified atom stereocenters. The Labute approximate surface area is 112 Å². The van der Waals surface area contributed by atoms with Gasteiger partial charge >= 0.3 is 0 Å². The third-order valence-corrected chi connectivity index (χ3v) is 3.04. The largest absolute Gasteiger partial charge is 0.439 e. The minimum atomic E-state index is 0.368. The molecule has 0 aliphatic heterocycles. The van der Waals surface area contributed by atoms with E-state index in [1.165, 1.54) is 0 Å². The molecule has 0 spiro atoms. The van der Waals surface area contributed by atoms with Gasteiger partial charge < -0.3 is 10.5 Å². The number of benzene rings is 1. The number of nitrogens with zero attached hydrogens (tertiary/aromatic N) is 1. The maximum atomic E-state index is 5.96. The number of hydrogen-bond donors (Lipinski definition) is 1. The number of halogens is 1. The van der Waals surface area contributed by atoms with Crippen molar-refractivity contribution in [3.05, 3.63) is 52.7 Å². The molecule has 3 nitrogen and oxygen atoms in total. The molecule has 1 aromatic heterocycles. The highest BCUT2D eigenvalue weighted by Crippen LogP contribution is 2.26. The zero-order valence-corrected chi connectivity index (χ0v) is 10.9. The van der Waals surface area contributed by atoms with Crippen molar-refractivity contribution in [2.24, 2.45) is 5.73 Å². The molecule has 94 valence electrons. The zero-order chi connectivity index (χ0) is 13.0. The van der Waals surface area contributed by atoms with Gasteiger partial charge in [0.1, 0.15) is 5.75 Å². The van der Waals surface area contributed by atoms with E-state index in [-0.39, 0.29) is 0 Å². The Morgan fingerprint density at radius 2 is 2.06 bits per heavy atom. The predicted molar refractivity (Wildman–Crippen MR) is 73.0 cm³/mol. The van der Waals surface area contributed by atoms with E-state index < -0.39 is 0 Å². The Morgan fingerprint density at radius 3 is 2.78 bits per heavy atom. The standard InChI is InChI=1S/C14H15ClN2O/c1-2-10-5-3-4-6-13(10)18-14-7-11(8-16)12(15)9-17-14/h3-7,9H,2,8,16H2,1H3. The summed E-state index contributed by atoms with van der Waals surface area (Å²) >= 11 is 5.96. The first-order valence-electron chi connectivity index (χ1n) is 5.84. The van der Waals surface area contributed by atoms with Crippen LogP contribution in [0, 0.1) is 0 Å². The molecule has 2 rings (SSSR count). The zero-order valence-electron chi connectivity index (χ0n) is 10.2. The second-order valence-corrected chi connectivity index (χ2v) is 4.29. The van der Waals surface area contributed by atoms with Crippen LogP contribution in [0.25, 0.3) is 0 Å². The molecule has 18 heavy (non-hydrogen) atoms. The second kappa shape index (κ2) is 5.85. The number of aryl methyl sites for hydroxylation is 1. The Hall–Kier alpha value is -1.58. The lowest BCUT2D eigenvalue weighted by atomic mass is 10.1. The van der Waals surface area contributed by atoms with Gasteiger partial charge in [-0.2, -0.15) is 0 Å². The van der Waals surface area contributed by atoms with Crippen LogP contribution in [0.2, 0.25) is 5.02 Å². The minimum Gasteiger partial charge on any atom is -0.439 e. The summed E-state index contributed by atoms with van der Waals surface area (Å²) in [5.74, 6) is 1.33. The number of hydrogen-bond acceptors (Lipinski definition) is 3. The smallest absolute Gasteiger partial charge is 0.219 e. The topological polar surface area (TPSA) is 48.1 Å². The van der Waals surface area contributed by atoms with Crippen LogP contribution in [0.4, 0.5) is 0 Å². The van der Waals surface area contributed by atoms with Crippen LogP contribution >= 0.6 is 11.6 Å². The van der Waals surface area contributed by atoms with E-state index >= 15 is 0 Å². The molecule has 0 bridgehead atoms. The molecule has 0 aliphatic carbocycles. The Bertz CT molecular complexity index is 543. The Morgan fingerprint density at radius 1 is 1.28 bits per heavy atom. The van der Waals surface area contributed by atoms with Gasteiger partial charge in [0, 0.05) is 18.8 Å². The van der Waals surface area contributed by atoms with E-state index in [0.29, 0.717) is 17.4 Å². The maximum Gasteiger partial charge on any atom is 0.219 e. The van der Waals surface area contributed by atoms with Gasteiger partial charge in [0.25, 0.3) is 0 Å². The first-order valence-corrected chi connectivity index (χ1v) is 6.22. The summed E-state index contributed by atoms with van der Waals surface area (Å²) in [7, 11) is 0. The molecule has 0 atom stereocenters. The van der Waals surface area contributed by atoms with Crippen molar-refractivity contribution in [3.63, 3.8) is 0 Å². The normalized spacial score (nSPS) is 10.4. The summed E-state index contributed by atoms with van der Waals surface area (Å²) < 4.78 is 5.77. The van der Waals surface area contributed by atoms with Gasteiger partial charge in [-0.05, 0) is 23.6 Å². The van der Waals surface area contributed by atoms with Gasteiger partial charge in [0.15, 0.2) is 0 Å². The van der Waals surface area contributed by atoms with E-state index in [9.17, 15) is 0 Å². The fourth-order valence-corrected chi connectivity index (χ4v) is 1.86. The van der Waals surface area contributed by atoms with E-state index in [1.807, 2.05) is 24.3 Å². The molecule has 0 fully saturated rings. The fourth-order valence-electron chi connectivity index (χ4n) is 1.68. The molecule has 2 N–H and O–H groups in total. The quantitative estimate of drug-likeness (QED) is 0.917. The van der Waals surface area contributed by atoms with Gasteiger partial charge in [-0.25, -0.2) is 4.98 Å². The first-order chi connectivity index (χ1) is 8.74. The van der Waals surface area contributed by atoms with Crippen molar-refractivity contribution in [2.45, 2.75) is 19.9 Å². The molecule has 0 radical (unpaired) electrons. The molecule has 0 saturated carbocycles. The fraction of sp³-hybridized carbons (Fsp3) is 0.214. The summed E-state index contributed by atoms with van der Waals surface area (Å²) in [5.41, 5.74) is 7.57. The number of ether oxygens (including phenoxy) is 1. The first kappa shape index (κ1) is 12.9. The maximum absolute atomic E-state index is 5.96. The lowest BCUT2D eigenvalue weighted by Gasteiger charge is -2.10. The van der Waals surface area contributed by atoms with Crippen molar-refractivity contribution in [2.75, 3.05) is 0 Å². The Kier molecular flexibility index (Phi) is 4.18. The average Bonchev–Trinajstić information content (AvgIpc) is 2.41. The van der Waals surface area contributed by atoms with Crippen LogP contribution in [0.15, 0.2) is 36.5 Å². The van der Waals surface area contributed by atoms with Crippen LogP contribution in [-0.4, -0.2) is 4.98 Å². The molecule has 4 heteroatoms. The van der Waals surface area contributed by atoms with Gasteiger partial charge in [-0.1, -0.05) is 36.7 Å². The van der Waals surface area contributed by atoms with Crippen LogP contribution in [-0.2, 0) is 13.0 Å². The van der Waals surface area contributed by atoms with Crippen molar-refractivity contribution in [1.29, 1.82) is 0 Å². The number of pyridine rings is 1. The SMILES string of the molecule is CCc1ccccc1Oc1cc(CN)c(Cl)cn1. The predicted octanol–water partition coefficient (Wildman–Crippen LogP) is 3.55. The summed E-state index contributed by atoms with van der Waals surface area (Å²) in [6, 6.07) is 9.67. The number of nitrogens with two attached hydrogens (primary N) is 1. The van der Waals surface area contributed by atoms with Crippen molar-refractivity contribution >= 4 is 11.6 Å². The summed E-state index contributed by atoms with van der Waals surface area (Å²) in [6.07, 6.45) is 2.47. The third-order valence-electron chi connectivity index (χ3n) is 2.70. The molecule has 0 amide bonds. The van der Waals surface area contributed by atoms with Crippen LogP contribution < -0.4 is 10.5 Å². The molecule has 0 aliphatic rings. The van der Waals surface area contributed by atoms with Crippen molar-refractivity contribution < 1.29 is 4.74 Å². The molecule has 0 saturated heterocycles. The average molecular weight is 263 g/mol. The molecular weight excluding hydrogens is 248 g/mol. The lowest BCUT2D eigenvalue weighted by molar-refractivity contribution is 0.457. The molecular formula is C14H15ClN2O. The molecule has 1 aromatic carbocycles. The van der Waals surface area contributed by atoms with Crippen LogP contribution in [0.5, 0.6) is 11.6 Å². The molecule has 1 heterocycles. The summed E-state index contributed by atoms with van der Waals surface area (Å²) in [6.45, 7) is 2.45. The van der Waals surface area contributed by atoms with E-state index in [4.69, 9.17) is 22.1 Å². The second-order valence-electron chi connectivity index (χ2n) is 3.88. The van der Waals surface area contributed by atoms with E-state index in [2.05, 4.69) is 11.9 Å². The van der Waals surface area contributed by atoms with Crippen LogP contribution in [0.1, 0.15) is 18.1 Å². The monoisotopic (exact) mass is 262 g/mol. The highest BCUT2D eigenvalue weighted by Gasteiger charge is 2.06. The van der Waals surface area contributed by atoms with E-state index in [1.54, 1.807) is 12.3 Å². The highest BCUT2D eigenvalue weighted by atomic mass is 35.5. The molecule has 2 aromatic rings. The Balaban J connectivity index is 2.28. The summed E-state index contributed by atoms with van der Waals surface area (Å²) in [5, 5.41) is 0.564. The summed E-state index contributed by atoms with van der Waals surface area (Å²) in [4.78, 5) is 4.15. The lowest BCUT2D eigenvalue weighted by Crippen LogP contribution is -1.99. The van der Waals surface area contributed by atoms with E-state index in [0.717, 1.165) is 23.3 Å². The van der Waals surface area contributed by atoms with Crippen LogP contribution in [0.3, 0.4) is 0 Å². The minimum absolute atomic E-state index is 0.368. The van der Waals surface area contributed by atoms with Gasteiger partial charge in [-0.15, -0.1) is 0 Å². The van der Waals surface area contributed by atoms with Crippen molar-refractivity contribution in [1.82, 2.24) is 4.98 Å².